The highest BCUT2D eigenvalue weighted by Gasteiger charge is 2.10. The fourth-order valence-electron chi connectivity index (χ4n) is 2.07. The zero-order valence-electron chi connectivity index (χ0n) is 10.9. The molecule has 2 aromatic carbocycles. The Labute approximate surface area is 128 Å². The number of benzene rings is 2. The molecule has 3 rings (SSSR count). The van der Waals surface area contributed by atoms with Gasteiger partial charge in [-0.25, -0.2) is 4.39 Å². The molecule has 4 nitrogen and oxygen atoms in total. The van der Waals surface area contributed by atoms with Crippen LogP contribution in [0.1, 0.15) is 0 Å². The summed E-state index contributed by atoms with van der Waals surface area (Å²) in [5, 5.41) is 7.67. The maximum Gasteiger partial charge on any atom is 0.246 e. The van der Waals surface area contributed by atoms with E-state index in [-0.39, 0.29) is 18.1 Å². The van der Waals surface area contributed by atoms with E-state index in [2.05, 4.69) is 26.3 Å². The standard InChI is InChI=1S/C15H11BrFN3O/c16-11-5-6-13(12(17)7-11)19-15(21)9-20-14-4-2-1-3-10(14)8-18-20/h1-8H,9H2,(H,19,21). The highest BCUT2D eigenvalue weighted by Crippen LogP contribution is 2.19. The highest BCUT2D eigenvalue weighted by atomic mass is 79.9. The summed E-state index contributed by atoms with van der Waals surface area (Å²) in [5.74, 6) is -0.812. The van der Waals surface area contributed by atoms with Crippen LogP contribution < -0.4 is 5.32 Å². The van der Waals surface area contributed by atoms with Crippen LogP contribution >= 0.6 is 15.9 Å². The predicted molar refractivity (Wildman–Crippen MR) is 82.5 cm³/mol. The van der Waals surface area contributed by atoms with Crippen molar-refractivity contribution < 1.29 is 9.18 Å². The van der Waals surface area contributed by atoms with Gasteiger partial charge in [-0.3, -0.25) is 9.48 Å². The summed E-state index contributed by atoms with van der Waals surface area (Å²) in [6.45, 7) is 0.0308. The molecule has 21 heavy (non-hydrogen) atoms. The summed E-state index contributed by atoms with van der Waals surface area (Å²) < 4.78 is 15.9. The lowest BCUT2D eigenvalue weighted by atomic mass is 10.2. The minimum absolute atomic E-state index is 0.0308. The summed E-state index contributed by atoms with van der Waals surface area (Å²) >= 11 is 3.17. The minimum atomic E-state index is -0.483. The Morgan fingerprint density at radius 1 is 1.29 bits per heavy atom. The lowest BCUT2D eigenvalue weighted by Crippen LogP contribution is -2.20. The van der Waals surface area contributed by atoms with Gasteiger partial charge in [-0.2, -0.15) is 5.10 Å². The Morgan fingerprint density at radius 2 is 2.10 bits per heavy atom. The zero-order valence-corrected chi connectivity index (χ0v) is 12.5. The Bertz CT molecular complexity index is 816. The van der Waals surface area contributed by atoms with E-state index in [1.807, 2.05) is 24.3 Å². The third-order valence-electron chi connectivity index (χ3n) is 3.05. The van der Waals surface area contributed by atoms with Gasteiger partial charge >= 0.3 is 0 Å². The molecule has 0 saturated heterocycles. The highest BCUT2D eigenvalue weighted by molar-refractivity contribution is 9.10. The molecule has 0 aliphatic heterocycles. The number of carbonyl (C=O) groups is 1. The third-order valence-corrected chi connectivity index (χ3v) is 3.54. The van der Waals surface area contributed by atoms with Crippen LogP contribution in [0.3, 0.4) is 0 Å². The van der Waals surface area contributed by atoms with Gasteiger partial charge in [-0.1, -0.05) is 34.1 Å². The number of carbonyl (C=O) groups excluding carboxylic acids is 1. The van der Waals surface area contributed by atoms with Gasteiger partial charge in [0.15, 0.2) is 0 Å². The van der Waals surface area contributed by atoms with Gasteiger partial charge in [0.1, 0.15) is 12.4 Å². The Kier molecular flexibility index (Phi) is 3.70. The maximum absolute atomic E-state index is 13.7. The molecule has 0 aliphatic carbocycles. The molecule has 1 aromatic heterocycles. The smallest absolute Gasteiger partial charge is 0.246 e. The molecule has 0 fully saturated rings. The number of fused-ring (bicyclic) bond motifs is 1. The van der Waals surface area contributed by atoms with Crippen molar-refractivity contribution in [2.75, 3.05) is 5.32 Å². The van der Waals surface area contributed by atoms with E-state index in [0.717, 1.165) is 10.9 Å². The van der Waals surface area contributed by atoms with Gasteiger partial charge < -0.3 is 5.32 Å². The third kappa shape index (κ3) is 2.95. The van der Waals surface area contributed by atoms with Crippen molar-refractivity contribution in [3.8, 4) is 0 Å². The molecule has 1 N–H and O–H groups in total. The number of hydrogen-bond donors (Lipinski definition) is 1. The molecule has 0 aliphatic rings. The fourth-order valence-corrected chi connectivity index (χ4v) is 2.40. The van der Waals surface area contributed by atoms with Crippen molar-refractivity contribution in [1.82, 2.24) is 9.78 Å². The Morgan fingerprint density at radius 3 is 2.90 bits per heavy atom. The molecule has 0 bridgehead atoms. The molecule has 106 valence electrons. The Hall–Kier alpha value is -2.21. The molecule has 0 spiro atoms. The molecule has 6 heteroatoms. The number of amides is 1. The molecule has 3 aromatic rings. The van der Waals surface area contributed by atoms with Crippen molar-refractivity contribution >= 4 is 38.4 Å². The molecule has 1 amide bonds. The van der Waals surface area contributed by atoms with Crippen LogP contribution in [-0.4, -0.2) is 15.7 Å². The van der Waals surface area contributed by atoms with Crippen molar-refractivity contribution in [2.45, 2.75) is 6.54 Å². The SMILES string of the molecule is O=C(Cn1ncc2ccccc21)Nc1ccc(Br)cc1F. The largest absolute Gasteiger partial charge is 0.322 e. The van der Waals surface area contributed by atoms with E-state index in [1.54, 1.807) is 16.9 Å². The molecular weight excluding hydrogens is 337 g/mol. The monoisotopic (exact) mass is 347 g/mol. The first kappa shape index (κ1) is 13.8. The topological polar surface area (TPSA) is 46.9 Å². The van der Waals surface area contributed by atoms with Gasteiger partial charge in [0.05, 0.1) is 17.4 Å². The number of para-hydroxylation sites is 1. The van der Waals surface area contributed by atoms with E-state index >= 15 is 0 Å². The van der Waals surface area contributed by atoms with E-state index in [4.69, 9.17) is 0 Å². The number of hydrogen-bond acceptors (Lipinski definition) is 2. The second-order valence-corrected chi connectivity index (χ2v) is 5.45. The molecule has 0 unspecified atom stereocenters. The second-order valence-electron chi connectivity index (χ2n) is 4.53. The van der Waals surface area contributed by atoms with Crippen molar-refractivity contribution in [1.29, 1.82) is 0 Å². The molecular formula is C15H11BrFN3O. The first-order valence-electron chi connectivity index (χ1n) is 6.29. The first-order valence-corrected chi connectivity index (χ1v) is 7.08. The summed E-state index contributed by atoms with van der Waals surface area (Å²) in [4.78, 5) is 12.0. The van der Waals surface area contributed by atoms with Crippen LogP contribution in [0.15, 0.2) is 53.1 Å². The lowest BCUT2D eigenvalue weighted by molar-refractivity contribution is -0.116. The lowest BCUT2D eigenvalue weighted by Gasteiger charge is -2.07. The van der Waals surface area contributed by atoms with Gasteiger partial charge in [0, 0.05) is 9.86 Å². The molecule has 0 radical (unpaired) electrons. The summed E-state index contributed by atoms with van der Waals surface area (Å²) in [7, 11) is 0. The number of aromatic nitrogens is 2. The van der Waals surface area contributed by atoms with Gasteiger partial charge in [-0.15, -0.1) is 0 Å². The second kappa shape index (κ2) is 5.65. The quantitative estimate of drug-likeness (QED) is 0.787. The predicted octanol–water partition coefficient (Wildman–Crippen LogP) is 3.58. The Balaban J connectivity index is 1.77. The summed E-state index contributed by atoms with van der Waals surface area (Å²) in [6.07, 6.45) is 1.70. The normalized spacial score (nSPS) is 10.8. The average molecular weight is 348 g/mol. The van der Waals surface area contributed by atoms with E-state index in [0.29, 0.717) is 4.47 Å². The summed E-state index contributed by atoms with van der Waals surface area (Å²) in [5.41, 5.74) is 1.02. The zero-order chi connectivity index (χ0) is 14.8. The fraction of sp³-hybridized carbons (Fsp3) is 0.0667. The van der Waals surface area contributed by atoms with Crippen LogP contribution in [0.4, 0.5) is 10.1 Å². The minimum Gasteiger partial charge on any atom is -0.322 e. The van der Waals surface area contributed by atoms with Crippen molar-refractivity contribution in [2.24, 2.45) is 0 Å². The number of anilines is 1. The maximum atomic E-state index is 13.7. The number of nitrogens with zero attached hydrogens (tertiary/aromatic N) is 2. The number of rotatable bonds is 3. The molecule has 0 saturated carbocycles. The van der Waals surface area contributed by atoms with Crippen molar-refractivity contribution in [3.05, 3.63) is 59.0 Å². The van der Waals surface area contributed by atoms with Crippen LogP contribution in [0.2, 0.25) is 0 Å². The number of halogens is 2. The van der Waals surface area contributed by atoms with E-state index in [9.17, 15) is 9.18 Å². The van der Waals surface area contributed by atoms with Crippen LogP contribution in [0, 0.1) is 5.82 Å². The number of nitrogens with one attached hydrogen (secondary N) is 1. The van der Waals surface area contributed by atoms with Crippen molar-refractivity contribution in [3.63, 3.8) is 0 Å². The first-order chi connectivity index (χ1) is 10.1. The van der Waals surface area contributed by atoms with Crippen LogP contribution in [0.5, 0.6) is 0 Å². The van der Waals surface area contributed by atoms with Crippen LogP contribution in [0.25, 0.3) is 10.9 Å². The average Bonchev–Trinajstić information content (AvgIpc) is 2.85. The summed E-state index contributed by atoms with van der Waals surface area (Å²) in [6, 6.07) is 12.1. The van der Waals surface area contributed by atoms with Gasteiger partial charge in [-0.05, 0) is 24.3 Å². The van der Waals surface area contributed by atoms with Crippen LogP contribution in [-0.2, 0) is 11.3 Å². The van der Waals surface area contributed by atoms with E-state index < -0.39 is 5.82 Å². The van der Waals surface area contributed by atoms with Gasteiger partial charge in [0.25, 0.3) is 0 Å². The van der Waals surface area contributed by atoms with Gasteiger partial charge in [0.2, 0.25) is 5.91 Å². The van der Waals surface area contributed by atoms with E-state index in [1.165, 1.54) is 12.1 Å². The molecule has 1 heterocycles. The molecule has 0 atom stereocenters.